The maximum absolute atomic E-state index is 12.7. The monoisotopic (exact) mass is 338 g/mol. The number of hydrogen-bond donors (Lipinski definition) is 1. The second kappa shape index (κ2) is 7.70. The van der Waals surface area contributed by atoms with Crippen LogP contribution in [-0.2, 0) is 4.79 Å². The molecule has 126 valence electrons. The standard InChI is InChI=1S/C17H22N2O3.ClH/c1-3-21-15-6-4-5-13-9-14(11-22-16(13)15)17(20)19-8-7-18-10-12(19)2;/h4-6,9,12,18H,3,7-8,10-11H2,1-2H3;1H/t12-;/m1./s1. The van der Waals surface area contributed by atoms with E-state index in [1.807, 2.05) is 36.1 Å². The molecule has 6 heteroatoms. The van der Waals surface area contributed by atoms with Gasteiger partial charge in [0.05, 0.1) is 12.2 Å². The van der Waals surface area contributed by atoms with Gasteiger partial charge in [0, 0.05) is 31.2 Å². The molecule has 5 nitrogen and oxygen atoms in total. The summed E-state index contributed by atoms with van der Waals surface area (Å²) in [5, 5.41) is 3.30. The van der Waals surface area contributed by atoms with Gasteiger partial charge in [-0.25, -0.2) is 0 Å². The summed E-state index contributed by atoms with van der Waals surface area (Å²) in [5.41, 5.74) is 1.61. The van der Waals surface area contributed by atoms with E-state index in [1.54, 1.807) is 0 Å². The van der Waals surface area contributed by atoms with E-state index in [-0.39, 0.29) is 24.4 Å². The van der Waals surface area contributed by atoms with E-state index in [4.69, 9.17) is 9.47 Å². The van der Waals surface area contributed by atoms with E-state index >= 15 is 0 Å². The third-order valence-corrected chi connectivity index (χ3v) is 4.05. The highest BCUT2D eigenvalue weighted by molar-refractivity contribution is 5.99. The Labute approximate surface area is 143 Å². The Kier molecular flexibility index (Phi) is 5.91. The summed E-state index contributed by atoms with van der Waals surface area (Å²) in [5.74, 6) is 1.54. The molecule has 2 aliphatic rings. The van der Waals surface area contributed by atoms with E-state index in [0.29, 0.717) is 18.8 Å². The van der Waals surface area contributed by atoms with E-state index in [0.717, 1.165) is 36.7 Å². The third-order valence-electron chi connectivity index (χ3n) is 4.05. The number of fused-ring (bicyclic) bond motifs is 1. The van der Waals surface area contributed by atoms with Crippen molar-refractivity contribution in [2.75, 3.05) is 32.8 Å². The smallest absolute Gasteiger partial charge is 0.253 e. The molecule has 1 atom stereocenters. The van der Waals surface area contributed by atoms with Gasteiger partial charge in [0.2, 0.25) is 0 Å². The average molecular weight is 339 g/mol. The fourth-order valence-corrected chi connectivity index (χ4v) is 2.90. The summed E-state index contributed by atoms with van der Waals surface area (Å²) in [7, 11) is 0. The lowest BCUT2D eigenvalue weighted by Gasteiger charge is -2.35. The molecular weight excluding hydrogens is 316 g/mol. The van der Waals surface area contributed by atoms with Crippen LogP contribution in [0.3, 0.4) is 0 Å². The molecule has 0 saturated carbocycles. The fraction of sp³-hybridized carbons (Fsp3) is 0.471. The van der Waals surface area contributed by atoms with Crippen molar-refractivity contribution in [3.05, 3.63) is 29.3 Å². The number of carbonyl (C=O) groups excluding carboxylic acids is 1. The molecule has 0 radical (unpaired) electrons. The maximum Gasteiger partial charge on any atom is 0.253 e. The van der Waals surface area contributed by atoms with Gasteiger partial charge in [0.25, 0.3) is 5.91 Å². The number of amides is 1. The summed E-state index contributed by atoms with van der Waals surface area (Å²) >= 11 is 0. The van der Waals surface area contributed by atoms with E-state index < -0.39 is 0 Å². The van der Waals surface area contributed by atoms with Crippen molar-refractivity contribution in [3.8, 4) is 11.5 Å². The first-order valence-electron chi connectivity index (χ1n) is 7.81. The highest BCUT2D eigenvalue weighted by atomic mass is 35.5. The van der Waals surface area contributed by atoms with Crippen LogP contribution in [0, 0.1) is 0 Å². The van der Waals surface area contributed by atoms with Crippen LogP contribution in [0.2, 0.25) is 0 Å². The Bertz CT molecular complexity index is 604. The molecule has 0 spiro atoms. The summed E-state index contributed by atoms with van der Waals surface area (Å²) in [6, 6.07) is 5.97. The zero-order valence-corrected chi connectivity index (χ0v) is 14.3. The molecule has 3 rings (SSSR count). The largest absolute Gasteiger partial charge is 0.490 e. The summed E-state index contributed by atoms with van der Waals surface area (Å²) in [6.45, 7) is 7.32. The Hall–Kier alpha value is -1.72. The Morgan fingerprint density at radius 1 is 1.48 bits per heavy atom. The predicted octanol–water partition coefficient (Wildman–Crippen LogP) is 2.10. The second-order valence-electron chi connectivity index (χ2n) is 5.62. The lowest BCUT2D eigenvalue weighted by atomic mass is 10.0. The molecular formula is C17H23ClN2O3. The predicted molar refractivity (Wildman–Crippen MR) is 92.4 cm³/mol. The van der Waals surface area contributed by atoms with E-state index in [2.05, 4.69) is 12.2 Å². The Balaban J connectivity index is 0.00000192. The minimum atomic E-state index is 0. The lowest BCUT2D eigenvalue weighted by molar-refractivity contribution is -0.130. The van der Waals surface area contributed by atoms with Crippen LogP contribution in [-0.4, -0.2) is 49.7 Å². The number of hydrogen-bond acceptors (Lipinski definition) is 4. The SMILES string of the molecule is CCOc1cccc2c1OCC(C(=O)N1CCNC[C@H]1C)=C2.Cl. The summed E-state index contributed by atoms with van der Waals surface area (Å²) in [4.78, 5) is 14.6. The van der Waals surface area contributed by atoms with Gasteiger partial charge in [-0.2, -0.15) is 0 Å². The van der Waals surface area contributed by atoms with Gasteiger partial charge in [-0.3, -0.25) is 4.79 Å². The molecule has 0 bridgehead atoms. The normalized spacial score (nSPS) is 19.8. The van der Waals surface area contributed by atoms with Crippen LogP contribution < -0.4 is 14.8 Å². The average Bonchev–Trinajstić information content (AvgIpc) is 2.55. The second-order valence-corrected chi connectivity index (χ2v) is 5.62. The van der Waals surface area contributed by atoms with Crippen LogP contribution in [0.5, 0.6) is 11.5 Å². The zero-order valence-electron chi connectivity index (χ0n) is 13.5. The van der Waals surface area contributed by atoms with Crippen LogP contribution in [0.1, 0.15) is 19.4 Å². The Morgan fingerprint density at radius 3 is 3.04 bits per heavy atom. The van der Waals surface area contributed by atoms with Gasteiger partial charge in [-0.1, -0.05) is 12.1 Å². The van der Waals surface area contributed by atoms with Crippen LogP contribution in [0.4, 0.5) is 0 Å². The number of ether oxygens (including phenoxy) is 2. The fourth-order valence-electron chi connectivity index (χ4n) is 2.90. The zero-order chi connectivity index (χ0) is 15.5. The van der Waals surface area contributed by atoms with Crippen molar-refractivity contribution in [2.45, 2.75) is 19.9 Å². The van der Waals surface area contributed by atoms with Gasteiger partial charge in [0.1, 0.15) is 6.61 Å². The number of rotatable bonds is 3. The molecule has 23 heavy (non-hydrogen) atoms. The molecule has 2 heterocycles. The summed E-state index contributed by atoms with van der Waals surface area (Å²) in [6.07, 6.45) is 1.93. The van der Waals surface area contributed by atoms with Crippen molar-refractivity contribution >= 4 is 24.4 Å². The first-order valence-corrected chi connectivity index (χ1v) is 7.81. The molecule has 1 fully saturated rings. The highest BCUT2D eigenvalue weighted by Gasteiger charge is 2.28. The first kappa shape index (κ1) is 17.6. The third kappa shape index (κ3) is 3.62. The van der Waals surface area contributed by atoms with E-state index in [1.165, 1.54) is 0 Å². The van der Waals surface area contributed by atoms with Crippen molar-refractivity contribution in [1.29, 1.82) is 0 Å². The number of benzene rings is 1. The molecule has 1 N–H and O–H groups in total. The highest BCUT2D eigenvalue weighted by Crippen LogP contribution is 2.36. The quantitative estimate of drug-likeness (QED) is 0.917. The van der Waals surface area contributed by atoms with Gasteiger partial charge in [-0.15, -0.1) is 12.4 Å². The Morgan fingerprint density at radius 2 is 2.30 bits per heavy atom. The molecule has 0 aromatic heterocycles. The van der Waals surface area contributed by atoms with Gasteiger partial charge in [-0.05, 0) is 26.0 Å². The number of para-hydroxylation sites is 1. The van der Waals surface area contributed by atoms with Gasteiger partial charge < -0.3 is 19.7 Å². The molecule has 1 saturated heterocycles. The maximum atomic E-state index is 12.7. The minimum Gasteiger partial charge on any atom is -0.490 e. The van der Waals surface area contributed by atoms with Gasteiger partial charge >= 0.3 is 0 Å². The molecule has 1 aromatic carbocycles. The number of carbonyl (C=O) groups is 1. The molecule has 2 aliphatic heterocycles. The molecule has 0 aliphatic carbocycles. The van der Waals surface area contributed by atoms with Crippen molar-refractivity contribution < 1.29 is 14.3 Å². The van der Waals surface area contributed by atoms with E-state index in [9.17, 15) is 4.79 Å². The van der Waals surface area contributed by atoms with Crippen molar-refractivity contribution in [1.82, 2.24) is 10.2 Å². The molecule has 1 amide bonds. The van der Waals surface area contributed by atoms with Crippen LogP contribution in [0.25, 0.3) is 6.08 Å². The van der Waals surface area contributed by atoms with Gasteiger partial charge in [0.15, 0.2) is 11.5 Å². The molecule has 0 unspecified atom stereocenters. The summed E-state index contributed by atoms with van der Waals surface area (Å²) < 4.78 is 11.4. The number of halogens is 1. The van der Waals surface area contributed by atoms with Crippen molar-refractivity contribution in [2.24, 2.45) is 0 Å². The topological polar surface area (TPSA) is 50.8 Å². The number of nitrogens with one attached hydrogen (secondary N) is 1. The number of piperazine rings is 1. The van der Waals surface area contributed by atoms with Crippen molar-refractivity contribution in [3.63, 3.8) is 0 Å². The lowest BCUT2D eigenvalue weighted by Crippen LogP contribution is -2.53. The van der Waals surface area contributed by atoms with Crippen LogP contribution in [0.15, 0.2) is 23.8 Å². The first-order chi connectivity index (χ1) is 10.7. The molecule has 1 aromatic rings. The minimum absolute atomic E-state index is 0. The van der Waals surface area contributed by atoms with Crippen LogP contribution >= 0.6 is 12.4 Å². The number of nitrogens with zero attached hydrogens (tertiary/aromatic N) is 1.